The lowest BCUT2D eigenvalue weighted by molar-refractivity contribution is 0.0461. The second-order valence-electron chi connectivity index (χ2n) is 4.26. The maximum Gasteiger partial charge on any atom is 0.355 e. The number of nitriles is 1. The number of hydrogen-bond acceptors (Lipinski definition) is 4. The lowest BCUT2D eigenvalue weighted by atomic mass is 10.1. The zero-order valence-electron chi connectivity index (χ0n) is 10.8. The SMILES string of the molecule is Cn1cc(N)cc1C(=O)OCc1ccc(C#N)cc1Cl. The maximum atomic E-state index is 11.9. The summed E-state index contributed by atoms with van der Waals surface area (Å²) in [6, 6.07) is 8.34. The molecule has 0 saturated heterocycles. The minimum Gasteiger partial charge on any atom is -0.456 e. The molecule has 0 saturated carbocycles. The number of carbonyl (C=O) groups excluding carboxylic acids is 1. The number of rotatable bonds is 3. The first kappa shape index (κ1) is 14.0. The molecule has 0 unspecified atom stereocenters. The Kier molecular flexibility index (Phi) is 3.97. The molecule has 1 aromatic heterocycles. The van der Waals surface area contributed by atoms with Crippen molar-refractivity contribution in [3.05, 3.63) is 52.3 Å². The van der Waals surface area contributed by atoms with E-state index in [2.05, 4.69) is 0 Å². The molecule has 1 aromatic carbocycles. The number of nitrogens with zero attached hydrogens (tertiary/aromatic N) is 2. The van der Waals surface area contributed by atoms with Crippen LogP contribution in [0, 0.1) is 11.3 Å². The average molecular weight is 290 g/mol. The number of hydrogen-bond donors (Lipinski definition) is 1. The minimum absolute atomic E-state index is 0.0362. The molecule has 102 valence electrons. The molecule has 0 amide bonds. The van der Waals surface area contributed by atoms with Gasteiger partial charge in [-0.3, -0.25) is 0 Å². The van der Waals surface area contributed by atoms with Crippen molar-refractivity contribution < 1.29 is 9.53 Å². The molecule has 0 aliphatic rings. The number of carbonyl (C=O) groups is 1. The predicted molar refractivity (Wildman–Crippen MR) is 75.1 cm³/mol. The van der Waals surface area contributed by atoms with Crippen LogP contribution in [0.1, 0.15) is 21.6 Å². The molecular weight excluding hydrogens is 278 g/mol. The molecule has 0 bridgehead atoms. The highest BCUT2D eigenvalue weighted by atomic mass is 35.5. The van der Waals surface area contributed by atoms with E-state index in [4.69, 9.17) is 27.3 Å². The van der Waals surface area contributed by atoms with Crippen LogP contribution in [0.4, 0.5) is 5.69 Å². The van der Waals surface area contributed by atoms with Crippen molar-refractivity contribution in [1.29, 1.82) is 5.26 Å². The van der Waals surface area contributed by atoms with Gasteiger partial charge >= 0.3 is 5.97 Å². The van der Waals surface area contributed by atoms with E-state index in [0.29, 0.717) is 27.5 Å². The van der Waals surface area contributed by atoms with E-state index in [0.717, 1.165) is 0 Å². The summed E-state index contributed by atoms with van der Waals surface area (Å²) in [6.45, 7) is 0.0362. The highest BCUT2D eigenvalue weighted by Gasteiger charge is 2.13. The van der Waals surface area contributed by atoms with Crippen LogP contribution >= 0.6 is 11.6 Å². The van der Waals surface area contributed by atoms with Gasteiger partial charge < -0.3 is 15.0 Å². The van der Waals surface area contributed by atoms with Gasteiger partial charge in [0.25, 0.3) is 0 Å². The van der Waals surface area contributed by atoms with E-state index in [-0.39, 0.29) is 6.61 Å². The second-order valence-corrected chi connectivity index (χ2v) is 4.67. The number of anilines is 1. The fraction of sp³-hybridized carbons (Fsp3) is 0.143. The van der Waals surface area contributed by atoms with Gasteiger partial charge in [0.15, 0.2) is 0 Å². The first-order valence-electron chi connectivity index (χ1n) is 5.78. The number of benzene rings is 1. The summed E-state index contributed by atoms with van der Waals surface area (Å²) in [7, 11) is 1.71. The maximum absolute atomic E-state index is 11.9. The molecule has 2 aromatic rings. The predicted octanol–water partition coefficient (Wildman–Crippen LogP) is 2.49. The van der Waals surface area contributed by atoms with Gasteiger partial charge in [0, 0.05) is 23.8 Å². The van der Waals surface area contributed by atoms with Crippen molar-refractivity contribution in [2.45, 2.75) is 6.61 Å². The number of aromatic nitrogens is 1. The van der Waals surface area contributed by atoms with Gasteiger partial charge in [0.2, 0.25) is 0 Å². The average Bonchev–Trinajstić information content (AvgIpc) is 2.76. The van der Waals surface area contributed by atoms with E-state index in [9.17, 15) is 4.79 Å². The Bertz CT molecular complexity index is 701. The standard InChI is InChI=1S/C14H12ClN3O2/c1-18-7-11(17)5-13(18)14(19)20-8-10-3-2-9(6-16)4-12(10)15/h2-5,7H,8,17H2,1H3. The lowest BCUT2D eigenvalue weighted by Gasteiger charge is -2.07. The number of nitrogens with two attached hydrogens (primary N) is 1. The number of halogens is 1. The Morgan fingerprint density at radius 1 is 1.50 bits per heavy atom. The monoisotopic (exact) mass is 289 g/mol. The highest BCUT2D eigenvalue weighted by Crippen LogP contribution is 2.19. The van der Waals surface area contributed by atoms with E-state index in [1.807, 2.05) is 6.07 Å². The topological polar surface area (TPSA) is 81.0 Å². The number of ether oxygens (including phenoxy) is 1. The summed E-state index contributed by atoms with van der Waals surface area (Å²) in [5, 5.41) is 9.14. The molecule has 0 aliphatic carbocycles. The fourth-order valence-corrected chi connectivity index (χ4v) is 1.98. The van der Waals surface area contributed by atoms with Crippen LogP contribution in [0.25, 0.3) is 0 Å². The van der Waals surface area contributed by atoms with Crippen molar-refractivity contribution in [3.8, 4) is 6.07 Å². The highest BCUT2D eigenvalue weighted by molar-refractivity contribution is 6.31. The molecule has 20 heavy (non-hydrogen) atoms. The Labute approximate surface area is 121 Å². The first-order chi connectivity index (χ1) is 9.51. The lowest BCUT2D eigenvalue weighted by Crippen LogP contribution is -2.09. The third kappa shape index (κ3) is 2.92. The van der Waals surface area contributed by atoms with Crippen LogP contribution in [-0.2, 0) is 18.4 Å². The Morgan fingerprint density at radius 3 is 2.80 bits per heavy atom. The van der Waals surface area contributed by atoms with Crippen LogP contribution < -0.4 is 5.73 Å². The third-order valence-corrected chi connectivity index (χ3v) is 3.13. The molecule has 0 atom stereocenters. The molecular formula is C14H12ClN3O2. The molecule has 2 N–H and O–H groups in total. The summed E-state index contributed by atoms with van der Waals surface area (Å²) in [6.07, 6.45) is 1.63. The quantitative estimate of drug-likeness (QED) is 0.880. The summed E-state index contributed by atoms with van der Waals surface area (Å²) < 4.78 is 6.78. The third-order valence-electron chi connectivity index (χ3n) is 2.78. The summed E-state index contributed by atoms with van der Waals surface area (Å²) in [5.74, 6) is -0.482. The number of nitrogen functional groups attached to an aromatic ring is 1. The van der Waals surface area contributed by atoms with Gasteiger partial charge in [-0.05, 0) is 18.2 Å². The van der Waals surface area contributed by atoms with Crippen molar-refractivity contribution >= 4 is 23.3 Å². The first-order valence-corrected chi connectivity index (χ1v) is 6.16. The molecule has 1 heterocycles. The summed E-state index contributed by atoms with van der Waals surface area (Å²) in [4.78, 5) is 11.9. The van der Waals surface area contributed by atoms with Crippen LogP contribution in [0.15, 0.2) is 30.5 Å². The van der Waals surface area contributed by atoms with Crippen LogP contribution in [0.2, 0.25) is 5.02 Å². The smallest absolute Gasteiger partial charge is 0.355 e. The molecule has 0 aliphatic heterocycles. The Hall–Kier alpha value is -2.45. The minimum atomic E-state index is -0.482. The Morgan fingerprint density at radius 2 is 2.25 bits per heavy atom. The van der Waals surface area contributed by atoms with E-state index in [1.165, 1.54) is 6.07 Å². The van der Waals surface area contributed by atoms with Gasteiger partial charge in [-0.25, -0.2) is 4.79 Å². The van der Waals surface area contributed by atoms with Crippen molar-refractivity contribution in [2.24, 2.45) is 7.05 Å². The van der Waals surface area contributed by atoms with E-state index < -0.39 is 5.97 Å². The zero-order chi connectivity index (χ0) is 14.7. The van der Waals surface area contributed by atoms with Crippen molar-refractivity contribution in [2.75, 3.05) is 5.73 Å². The van der Waals surface area contributed by atoms with Gasteiger partial charge in [-0.2, -0.15) is 5.26 Å². The summed E-state index contributed by atoms with van der Waals surface area (Å²) in [5.41, 5.74) is 7.56. The van der Waals surface area contributed by atoms with Crippen molar-refractivity contribution in [1.82, 2.24) is 4.57 Å². The molecule has 0 radical (unpaired) electrons. The van der Waals surface area contributed by atoms with E-state index in [1.54, 1.807) is 36.0 Å². The van der Waals surface area contributed by atoms with Gasteiger partial charge in [-0.1, -0.05) is 17.7 Å². The normalized spacial score (nSPS) is 10.1. The molecule has 0 fully saturated rings. The largest absolute Gasteiger partial charge is 0.456 e. The van der Waals surface area contributed by atoms with Crippen LogP contribution in [0.5, 0.6) is 0 Å². The molecule has 5 nitrogen and oxygen atoms in total. The van der Waals surface area contributed by atoms with Gasteiger partial charge in [0.1, 0.15) is 12.3 Å². The second kappa shape index (κ2) is 5.68. The summed E-state index contributed by atoms with van der Waals surface area (Å²) >= 11 is 6.01. The van der Waals surface area contributed by atoms with Crippen molar-refractivity contribution in [3.63, 3.8) is 0 Å². The molecule has 2 rings (SSSR count). The number of esters is 1. The fourth-order valence-electron chi connectivity index (χ4n) is 1.74. The molecule has 0 spiro atoms. The van der Waals surface area contributed by atoms with E-state index >= 15 is 0 Å². The zero-order valence-corrected chi connectivity index (χ0v) is 11.5. The Balaban J connectivity index is 2.08. The van der Waals surface area contributed by atoms with Crippen LogP contribution in [0.3, 0.4) is 0 Å². The van der Waals surface area contributed by atoms with Gasteiger partial charge in [0.05, 0.1) is 17.3 Å². The van der Waals surface area contributed by atoms with Crippen LogP contribution in [-0.4, -0.2) is 10.5 Å². The number of aryl methyl sites for hydroxylation is 1. The molecule has 6 heteroatoms. The van der Waals surface area contributed by atoms with Gasteiger partial charge in [-0.15, -0.1) is 0 Å².